The summed E-state index contributed by atoms with van der Waals surface area (Å²) in [4.78, 5) is 26.4. The van der Waals surface area contributed by atoms with Crippen molar-refractivity contribution >= 4 is 69.9 Å². The molecule has 0 saturated heterocycles. The van der Waals surface area contributed by atoms with E-state index in [2.05, 4.69) is 6.92 Å². The first-order chi connectivity index (χ1) is 28.9. The molecule has 0 heterocycles. The standard InChI is InChI=1S/C44H59Cl5F6O6/c1-4-5-6-7-12-22-29-34(46)36(48)38(61-40(57)42(59-3,44(53,54)55)32-26-19-16-20-27-32)37(49)35(47)33(45)28-21-13-10-8-9-11-14-23-30-60-39(56)41(58-2,43(50,51)52)31-24-17-15-18-25-31/h15-20,24-27,33-38H,4-14,21-23,28-30H2,1-3H3/t33-,34+,35+,36-,37-,38-,41+,42+/m1/s1. The zero-order valence-electron chi connectivity index (χ0n) is 34.9. The van der Waals surface area contributed by atoms with Crippen molar-refractivity contribution in [2.45, 2.75) is 166 Å². The van der Waals surface area contributed by atoms with Gasteiger partial charge in [-0.15, -0.1) is 58.0 Å². The number of carbonyl (C=O) groups excluding carboxylic acids is 2. The lowest BCUT2D eigenvalue weighted by molar-refractivity contribution is -0.278. The van der Waals surface area contributed by atoms with E-state index in [-0.39, 0.29) is 12.2 Å². The summed E-state index contributed by atoms with van der Waals surface area (Å²) in [6.45, 7) is 1.92. The third-order valence-corrected chi connectivity index (χ3v) is 13.7. The van der Waals surface area contributed by atoms with Crippen molar-refractivity contribution in [2.24, 2.45) is 0 Å². The predicted octanol–water partition coefficient (Wildman–Crippen LogP) is 13.9. The van der Waals surface area contributed by atoms with E-state index in [1.807, 2.05) is 0 Å². The van der Waals surface area contributed by atoms with Crippen LogP contribution in [0.2, 0.25) is 0 Å². The van der Waals surface area contributed by atoms with Gasteiger partial charge in [-0.1, -0.05) is 151 Å². The summed E-state index contributed by atoms with van der Waals surface area (Å²) in [5.74, 6) is -3.29. The molecule has 8 atom stereocenters. The van der Waals surface area contributed by atoms with Crippen molar-refractivity contribution in [2.75, 3.05) is 20.8 Å². The molecule has 61 heavy (non-hydrogen) atoms. The highest BCUT2D eigenvalue weighted by molar-refractivity contribution is 6.36. The van der Waals surface area contributed by atoms with Gasteiger partial charge in [0.25, 0.3) is 11.2 Å². The Bertz CT molecular complexity index is 1530. The second kappa shape index (κ2) is 27.6. The van der Waals surface area contributed by atoms with Gasteiger partial charge in [-0.05, 0) is 19.3 Å². The molecule has 0 radical (unpaired) electrons. The van der Waals surface area contributed by atoms with Crippen LogP contribution in [0, 0.1) is 0 Å². The normalized spacial score (nSPS) is 17.3. The molecule has 0 aliphatic heterocycles. The maximum absolute atomic E-state index is 14.8. The number of benzene rings is 2. The SMILES string of the molecule is CCCCCCCC[C@H](Cl)[C@@H](Cl)[C@@H](OC(=O)[C@@](OC)(c1ccccc1)C(F)(F)F)[C@H](Cl)[C@@H](Cl)[C@H](Cl)CCCCCCCCCCOC(=O)[C@@](OC)(c1ccccc1)C(F)(F)F. The highest BCUT2D eigenvalue weighted by Crippen LogP contribution is 2.45. The molecule has 0 aromatic heterocycles. The van der Waals surface area contributed by atoms with Crippen molar-refractivity contribution < 1.29 is 54.9 Å². The van der Waals surface area contributed by atoms with Crippen molar-refractivity contribution in [1.82, 2.24) is 0 Å². The molecule has 6 nitrogen and oxygen atoms in total. The van der Waals surface area contributed by atoms with Crippen LogP contribution in [-0.2, 0) is 39.7 Å². The van der Waals surface area contributed by atoms with E-state index in [1.165, 1.54) is 36.4 Å². The van der Waals surface area contributed by atoms with E-state index in [4.69, 9.17) is 77.0 Å². The van der Waals surface area contributed by atoms with Gasteiger partial charge in [0.05, 0.1) is 33.5 Å². The van der Waals surface area contributed by atoms with Gasteiger partial charge < -0.3 is 18.9 Å². The predicted molar refractivity (Wildman–Crippen MR) is 231 cm³/mol. The second-order valence-corrected chi connectivity index (χ2v) is 17.7. The zero-order valence-corrected chi connectivity index (χ0v) is 38.6. The zero-order chi connectivity index (χ0) is 45.7. The molecule has 0 aliphatic rings. The van der Waals surface area contributed by atoms with E-state index < -0.39 is 74.0 Å². The van der Waals surface area contributed by atoms with Gasteiger partial charge in [0.2, 0.25) is 0 Å². The fourth-order valence-electron chi connectivity index (χ4n) is 7.08. The molecule has 2 rings (SSSR count). The van der Waals surface area contributed by atoms with Gasteiger partial charge >= 0.3 is 24.3 Å². The van der Waals surface area contributed by atoms with Gasteiger partial charge in [-0.2, -0.15) is 26.3 Å². The Morgan fingerprint density at radius 3 is 1.31 bits per heavy atom. The molecule has 0 spiro atoms. The summed E-state index contributed by atoms with van der Waals surface area (Å²) in [7, 11) is 1.58. The number of hydrogen-bond donors (Lipinski definition) is 0. The number of rotatable bonds is 30. The molecule has 2 aromatic rings. The highest BCUT2D eigenvalue weighted by atomic mass is 35.5. The summed E-state index contributed by atoms with van der Waals surface area (Å²) in [6.07, 6.45) is 0.418. The number of esters is 2. The first-order valence-corrected chi connectivity index (χ1v) is 23.0. The number of hydrogen-bond acceptors (Lipinski definition) is 6. The number of unbranched alkanes of at least 4 members (excludes halogenated alkanes) is 12. The Morgan fingerprint density at radius 2 is 0.902 bits per heavy atom. The van der Waals surface area contributed by atoms with E-state index in [1.54, 1.807) is 0 Å². The molecule has 2 aromatic carbocycles. The summed E-state index contributed by atoms with van der Waals surface area (Å²) in [5.41, 5.74) is -7.58. The third-order valence-electron chi connectivity index (χ3n) is 10.7. The highest BCUT2D eigenvalue weighted by Gasteiger charge is 2.65. The molecule has 0 N–H and O–H groups in total. The fraction of sp³-hybridized carbons (Fsp3) is 0.682. The van der Waals surface area contributed by atoms with Crippen LogP contribution in [-0.4, -0.2) is 78.1 Å². The van der Waals surface area contributed by atoms with Crippen molar-refractivity contribution in [3.8, 4) is 0 Å². The Hall–Kier alpha value is -1.67. The quantitative estimate of drug-likeness (QED) is 0.0336. The van der Waals surface area contributed by atoms with Gasteiger partial charge in [0, 0.05) is 25.3 Å². The minimum atomic E-state index is -5.24. The van der Waals surface area contributed by atoms with Crippen LogP contribution in [0.1, 0.15) is 121 Å². The Morgan fingerprint density at radius 1 is 0.525 bits per heavy atom. The average molecular weight is 975 g/mol. The molecule has 0 unspecified atom stereocenters. The molecule has 0 saturated carbocycles. The first-order valence-electron chi connectivity index (χ1n) is 20.8. The van der Waals surface area contributed by atoms with Crippen LogP contribution in [0.5, 0.6) is 0 Å². The fourth-order valence-corrected chi connectivity index (χ4v) is 8.82. The monoisotopic (exact) mass is 972 g/mol. The number of halogens is 11. The number of carbonyl (C=O) groups is 2. The molecule has 0 bridgehead atoms. The topological polar surface area (TPSA) is 71.1 Å². The average Bonchev–Trinajstić information content (AvgIpc) is 3.22. The number of methoxy groups -OCH3 is 2. The van der Waals surface area contributed by atoms with Crippen molar-refractivity contribution in [3.63, 3.8) is 0 Å². The van der Waals surface area contributed by atoms with Crippen LogP contribution < -0.4 is 0 Å². The van der Waals surface area contributed by atoms with Gasteiger partial charge in [-0.25, -0.2) is 9.59 Å². The van der Waals surface area contributed by atoms with Gasteiger partial charge in [0.1, 0.15) is 6.10 Å². The summed E-state index contributed by atoms with van der Waals surface area (Å²) < 4.78 is 107. The second-order valence-electron chi connectivity index (χ2n) is 15.0. The van der Waals surface area contributed by atoms with Crippen LogP contribution in [0.15, 0.2) is 60.7 Å². The maximum atomic E-state index is 14.8. The lowest BCUT2D eigenvalue weighted by Crippen LogP contribution is -2.55. The van der Waals surface area contributed by atoms with Gasteiger partial charge in [0.15, 0.2) is 0 Å². The minimum Gasteiger partial charge on any atom is -0.463 e. The number of alkyl halides is 11. The third kappa shape index (κ3) is 15.8. The van der Waals surface area contributed by atoms with E-state index >= 15 is 0 Å². The van der Waals surface area contributed by atoms with Crippen LogP contribution in [0.3, 0.4) is 0 Å². The molecular weight excluding hydrogens is 916 g/mol. The van der Waals surface area contributed by atoms with Crippen LogP contribution in [0.25, 0.3) is 0 Å². The van der Waals surface area contributed by atoms with Crippen LogP contribution >= 0.6 is 58.0 Å². The largest absolute Gasteiger partial charge is 0.463 e. The lowest BCUT2D eigenvalue weighted by Gasteiger charge is -2.37. The number of ether oxygens (including phenoxy) is 4. The first kappa shape index (κ1) is 55.5. The van der Waals surface area contributed by atoms with Crippen molar-refractivity contribution in [3.05, 3.63) is 71.8 Å². The maximum Gasteiger partial charge on any atom is 0.432 e. The van der Waals surface area contributed by atoms with Crippen molar-refractivity contribution in [1.29, 1.82) is 0 Å². The molecule has 0 fully saturated rings. The molecule has 348 valence electrons. The lowest BCUT2D eigenvalue weighted by atomic mass is 9.92. The van der Waals surface area contributed by atoms with Gasteiger partial charge in [-0.3, -0.25) is 0 Å². The molecule has 0 aliphatic carbocycles. The summed E-state index contributed by atoms with van der Waals surface area (Å²) in [6, 6.07) is 13.0. The van der Waals surface area contributed by atoms with E-state index in [0.29, 0.717) is 38.5 Å². The Kier molecular flexibility index (Phi) is 25.1. The molecular formula is C44H59Cl5F6O6. The molecule has 0 amide bonds. The van der Waals surface area contributed by atoms with Crippen LogP contribution in [0.4, 0.5) is 26.3 Å². The minimum absolute atomic E-state index is 0.192. The summed E-state index contributed by atoms with van der Waals surface area (Å²) in [5, 5.41) is -5.26. The molecule has 17 heteroatoms. The van der Waals surface area contributed by atoms with E-state index in [9.17, 15) is 35.9 Å². The Labute approximate surface area is 381 Å². The smallest absolute Gasteiger partial charge is 0.432 e. The Balaban J connectivity index is 1.94. The van der Waals surface area contributed by atoms with E-state index in [0.717, 1.165) is 103 Å². The summed E-state index contributed by atoms with van der Waals surface area (Å²) >= 11 is 33.8.